The monoisotopic (exact) mass is 352 g/mol. The van der Waals surface area contributed by atoms with Gasteiger partial charge < -0.3 is 10.2 Å². The van der Waals surface area contributed by atoms with Crippen LogP contribution in [0.25, 0.3) is 0 Å². The molecular weight excluding hydrogens is 334 g/mol. The minimum Gasteiger partial charge on any atom is -0.333 e. The highest BCUT2D eigenvalue weighted by atomic mass is 35.5. The average molecular weight is 353 g/mol. The third kappa shape index (κ3) is 4.10. The van der Waals surface area contributed by atoms with Crippen molar-refractivity contribution < 1.29 is 13.6 Å². The molecular formula is C18H19ClF2N2O. The predicted octanol–water partition coefficient (Wildman–Crippen LogP) is 3.10. The Morgan fingerprint density at radius 3 is 2.71 bits per heavy atom. The van der Waals surface area contributed by atoms with Gasteiger partial charge in [0.25, 0.3) is 0 Å². The maximum atomic E-state index is 13.8. The van der Waals surface area contributed by atoms with E-state index in [0.29, 0.717) is 25.2 Å². The summed E-state index contributed by atoms with van der Waals surface area (Å²) < 4.78 is 27.2. The highest BCUT2D eigenvalue weighted by molar-refractivity contribution is 5.85. The van der Waals surface area contributed by atoms with Gasteiger partial charge in [-0.25, -0.2) is 8.78 Å². The van der Waals surface area contributed by atoms with Crippen molar-refractivity contribution >= 4 is 18.3 Å². The second-order valence-electron chi connectivity index (χ2n) is 5.63. The van der Waals surface area contributed by atoms with E-state index in [4.69, 9.17) is 0 Å². The van der Waals surface area contributed by atoms with Gasteiger partial charge in [0.2, 0.25) is 5.91 Å². The number of hydrogen-bond acceptors (Lipinski definition) is 2. The Labute approximate surface area is 146 Å². The van der Waals surface area contributed by atoms with E-state index in [1.807, 2.05) is 6.07 Å². The number of nitrogens with zero attached hydrogens (tertiary/aromatic N) is 1. The van der Waals surface area contributed by atoms with Crippen LogP contribution in [0, 0.1) is 11.6 Å². The second kappa shape index (κ2) is 8.22. The third-order valence-corrected chi connectivity index (χ3v) is 4.10. The van der Waals surface area contributed by atoms with Crippen LogP contribution >= 0.6 is 12.4 Å². The molecule has 1 aliphatic heterocycles. The largest absolute Gasteiger partial charge is 0.333 e. The van der Waals surface area contributed by atoms with Crippen molar-refractivity contribution in [3.63, 3.8) is 0 Å². The molecule has 1 atom stereocenters. The highest BCUT2D eigenvalue weighted by Gasteiger charge is 2.28. The van der Waals surface area contributed by atoms with E-state index in [9.17, 15) is 13.6 Å². The predicted molar refractivity (Wildman–Crippen MR) is 91.1 cm³/mol. The van der Waals surface area contributed by atoms with Crippen LogP contribution in [0.5, 0.6) is 0 Å². The number of benzene rings is 2. The Bertz CT molecular complexity index is 711. The Balaban J connectivity index is 0.00000208. The van der Waals surface area contributed by atoms with E-state index < -0.39 is 0 Å². The molecule has 128 valence electrons. The molecule has 2 aromatic carbocycles. The van der Waals surface area contributed by atoms with Gasteiger partial charge in [-0.3, -0.25) is 4.79 Å². The van der Waals surface area contributed by atoms with Gasteiger partial charge in [0.15, 0.2) is 0 Å². The zero-order valence-corrected chi connectivity index (χ0v) is 13.9. The molecule has 6 heteroatoms. The van der Waals surface area contributed by atoms with Gasteiger partial charge in [0.1, 0.15) is 11.6 Å². The molecule has 0 aromatic heterocycles. The van der Waals surface area contributed by atoms with Crippen molar-refractivity contribution in [2.24, 2.45) is 0 Å². The van der Waals surface area contributed by atoms with Gasteiger partial charge >= 0.3 is 0 Å². The van der Waals surface area contributed by atoms with Crippen LogP contribution in [0.15, 0.2) is 48.5 Å². The van der Waals surface area contributed by atoms with Crippen molar-refractivity contribution in [2.75, 3.05) is 19.6 Å². The number of carbonyl (C=O) groups is 1. The Morgan fingerprint density at radius 1 is 1.17 bits per heavy atom. The number of amides is 1. The lowest BCUT2D eigenvalue weighted by Gasteiger charge is -2.36. The SMILES string of the molecule is Cl.O=C(Cc1ccccc1F)N1CCNCC1c1cccc(F)c1. The molecule has 24 heavy (non-hydrogen) atoms. The molecule has 1 saturated heterocycles. The summed E-state index contributed by atoms with van der Waals surface area (Å²) in [6, 6.07) is 12.3. The minimum atomic E-state index is -0.377. The van der Waals surface area contributed by atoms with Gasteiger partial charge in [-0.2, -0.15) is 0 Å². The van der Waals surface area contributed by atoms with Gasteiger partial charge in [-0.1, -0.05) is 30.3 Å². The maximum Gasteiger partial charge on any atom is 0.227 e. The highest BCUT2D eigenvalue weighted by Crippen LogP contribution is 2.24. The van der Waals surface area contributed by atoms with E-state index in [1.165, 1.54) is 18.2 Å². The van der Waals surface area contributed by atoms with Crippen molar-refractivity contribution in [1.29, 1.82) is 0 Å². The van der Waals surface area contributed by atoms with Crippen LogP contribution in [0.3, 0.4) is 0 Å². The van der Waals surface area contributed by atoms with E-state index >= 15 is 0 Å². The second-order valence-corrected chi connectivity index (χ2v) is 5.63. The van der Waals surface area contributed by atoms with E-state index in [-0.39, 0.29) is 42.4 Å². The maximum absolute atomic E-state index is 13.8. The van der Waals surface area contributed by atoms with Gasteiger partial charge in [0, 0.05) is 19.6 Å². The summed E-state index contributed by atoms with van der Waals surface area (Å²) in [5.41, 5.74) is 1.13. The fraction of sp³-hybridized carbons (Fsp3) is 0.278. The molecule has 0 bridgehead atoms. The summed E-state index contributed by atoms with van der Waals surface area (Å²) in [6.45, 7) is 1.76. The molecule has 1 fully saturated rings. The number of nitrogens with one attached hydrogen (secondary N) is 1. The smallest absolute Gasteiger partial charge is 0.227 e. The molecule has 1 N–H and O–H groups in total. The molecule has 1 amide bonds. The Hall–Kier alpha value is -1.98. The first kappa shape index (κ1) is 18.4. The summed E-state index contributed by atoms with van der Waals surface area (Å²) in [7, 11) is 0. The lowest BCUT2D eigenvalue weighted by atomic mass is 10.0. The molecule has 0 aliphatic carbocycles. The fourth-order valence-corrected chi connectivity index (χ4v) is 2.92. The Morgan fingerprint density at radius 2 is 1.96 bits per heavy atom. The van der Waals surface area contributed by atoms with Crippen LogP contribution in [0.2, 0.25) is 0 Å². The molecule has 1 heterocycles. The van der Waals surface area contributed by atoms with Gasteiger partial charge in [-0.15, -0.1) is 12.4 Å². The lowest BCUT2D eigenvalue weighted by molar-refractivity contribution is -0.133. The zero-order chi connectivity index (χ0) is 16.2. The number of carbonyl (C=O) groups excluding carboxylic acids is 1. The number of piperazine rings is 1. The van der Waals surface area contributed by atoms with Crippen LogP contribution < -0.4 is 5.32 Å². The fourth-order valence-electron chi connectivity index (χ4n) is 2.92. The Kier molecular flexibility index (Phi) is 6.29. The van der Waals surface area contributed by atoms with E-state index in [0.717, 1.165) is 5.56 Å². The summed E-state index contributed by atoms with van der Waals surface area (Å²) in [4.78, 5) is 14.3. The van der Waals surface area contributed by atoms with Gasteiger partial charge in [-0.05, 0) is 29.3 Å². The minimum absolute atomic E-state index is 0. The topological polar surface area (TPSA) is 32.3 Å². The average Bonchev–Trinajstić information content (AvgIpc) is 2.57. The summed E-state index contributed by atoms with van der Waals surface area (Å²) in [6.07, 6.45) is 0.0124. The molecule has 1 unspecified atom stereocenters. The molecule has 3 nitrogen and oxygen atoms in total. The van der Waals surface area contributed by atoms with Crippen molar-refractivity contribution in [1.82, 2.24) is 10.2 Å². The molecule has 0 spiro atoms. The summed E-state index contributed by atoms with van der Waals surface area (Å²) in [5, 5.41) is 3.22. The van der Waals surface area contributed by atoms with Crippen LogP contribution in [-0.2, 0) is 11.2 Å². The molecule has 3 rings (SSSR count). The number of hydrogen-bond donors (Lipinski definition) is 1. The van der Waals surface area contributed by atoms with Gasteiger partial charge in [0.05, 0.1) is 12.5 Å². The number of halogens is 3. The van der Waals surface area contributed by atoms with Crippen LogP contribution in [-0.4, -0.2) is 30.4 Å². The summed E-state index contributed by atoms with van der Waals surface area (Å²) >= 11 is 0. The number of rotatable bonds is 3. The van der Waals surface area contributed by atoms with Crippen molar-refractivity contribution in [3.8, 4) is 0 Å². The van der Waals surface area contributed by atoms with E-state index in [2.05, 4.69) is 5.32 Å². The summed E-state index contributed by atoms with van der Waals surface area (Å²) in [5.74, 6) is -0.848. The zero-order valence-electron chi connectivity index (χ0n) is 13.0. The van der Waals surface area contributed by atoms with Crippen molar-refractivity contribution in [2.45, 2.75) is 12.5 Å². The van der Waals surface area contributed by atoms with Crippen molar-refractivity contribution in [3.05, 3.63) is 71.3 Å². The first-order valence-electron chi connectivity index (χ1n) is 7.64. The quantitative estimate of drug-likeness (QED) is 0.920. The van der Waals surface area contributed by atoms with Crippen LogP contribution in [0.4, 0.5) is 8.78 Å². The standard InChI is InChI=1S/C18H18F2N2O.ClH/c19-15-6-3-5-14(10-15)17-12-21-8-9-22(17)18(23)11-13-4-1-2-7-16(13)20;/h1-7,10,17,21H,8-9,11-12H2;1H. The first-order chi connectivity index (χ1) is 11.1. The molecule has 0 radical (unpaired) electrons. The van der Waals surface area contributed by atoms with E-state index in [1.54, 1.807) is 29.2 Å². The first-order valence-corrected chi connectivity index (χ1v) is 7.64. The molecule has 1 aliphatic rings. The lowest BCUT2D eigenvalue weighted by Crippen LogP contribution is -2.49. The normalized spacial score (nSPS) is 17.2. The third-order valence-electron chi connectivity index (χ3n) is 4.10. The van der Waals surface area contributed by atoms with Crippen LogP contribution in [0.1, 0.15) is 17.2 Å². The molecule has 2 aromatic rings. The molecule has 0 saturated carbocycles.